The van der Waals surface area contributed by atoms with Crippen molar-refractivity contribution in [2.75, 3.05) is 10.6 Å². The zero-order valence-electron chi connectivity index (χ0n) is 6.33. The average Bonchev–Trinajstić information content (AvgIpc) is 2.06. The first-order chi connectivity index (χ1) is 5.83. The highest BCUT2D eigenvalue weighted by molar-refractivity contribution is 9.09. The van der Waals surface area contributed by atoms with E-state index >= 15 is 0 Å². The summed E-state index contributed by atoms with van der Waals surface area (Å²) in [5.74, 6) is 0.427. The quantitative estimate of drug-likeness (QED) is 0.793. The Morgan fingerprint density at radius 3 is 3.00 bits per heavy atom. The summed E-state index contributed by atoms with van der Waals surface area (Å²) in [4.78, 5) is 18.7. The van der Waals surface area contributed by atoms with Gasteiger partial charge >= 0.3 is 0 Å². The number of halogens is 1. The van der Waals surface area contributed by atoms with E-state index in [2.05, 4.69) is 31.2 Å². The topological polar surface area (TPSA) is 54.9 Å². The molecule has 1 aromatic rings. The van der Waals surface area contributed by atoms with Crippen molar-refractivity contribution >= 4 is 27.7 Å². The lowest BCUT2D eigenvalue weighted by Gasteiger charge is -2.00. The summed E-state index contributed by atoms with van der Waals surface area (Å²) in [7, 11) is 0. The molecule has 0 saturated carbocycles. The highest BCUT2D eigenvalue weighted by Crippen LogP contribution is 1.98. The largest absolute Gasteiger partial charge is 0.309 e. The van der Waals surface area contributed by atoms with Crippen molar-refractivity contribution < 1.29 is 4.79 Å². The molecule has 1 aromatic heterocycles. The highest BCUT2D eigenvalue weighted by atomic mass is 79.9. The second-order valence-corrected chi connectivity index (χ2v) is 2.87. The van der Waals surface area contributed by atoms with Gasteiger partial charge in [0.05, 0.1) is 6.20 Å². The second-order valence-electron chi connectivity index (χ2n) is 2.08. The van der Waals surface area contributed by atoms with Crippen molar-refractivity contribution in [1.29, 1.82) is 0 Å². The molecule has 12 heavy (non-hydrogen) atoms. The molecule has 0 fully saturated rings. The molecule has 4 nitrogen and oxygen atoms in total. The molecule has 0 aromatic carbocycles. The maximum Gasteiger partial charge on any atom is 0.226 e. The number of amides is 1. The lowest BCUT2D eigenvalue weighted by Crippen LogP contribution is -2.12. The van der Waals surface area contributed by atoms with E-state index in [-0.39, 0.29) is 5.91 Å². The predicted octanol–water partition coefficient (Wildman–Crippen LogP) is 1.20. The SMILES string of the molecule is O=C(CCBr)Nc1cnccn1. The minimum atomic E-state index is -0.0626. The van der Waals surface area contributed by atoms with Gasteiger partial charge in [0.2, 0.25) is 5.91 Å². The van der Waals surface area contributed by atoms with Gasteiger partial charge in [-0.15, -0.1) is 0 Å². The standard InChI is InChI=1S/C7H8BrN3O/c8-2-1-7(12)11-6-5-9-3-4-10-6/h3-5H,1-2H2,(H,10,11,12). The molecule has 1 heterocycles. The summed E-state index contributed by atoms with van der Waals surface area (Å²) >= 11 is 3.17. The Balaban J connectivity index is 2.47. The van der Waals surface area contributed by atoms with Gasteiger partial charge in [-0.3, -0.25) is 9.78 Å². The molecule has 0 saturated heterocycles. The number of hydrogen-bond acceptors (Lipinski definition) is 3. The summed E-state index contributed by atoms with van der Waals surface area (Å²) < 4.78 is 0. The van der Waals surface area contributed by atoms with Crippen molar-refractivity contribution in [2.45, 2.75) is 6.42 Å². The summed E-state index contributed by atoms with van der Waals surface area (Å²) in [6.07, 6.45) is 5.03. The minimum absolute atomic E-state index is 0.0626. The zero-order chi connectivity index (χ0) is 8.81. The van der Waals surface area contributed by atoms with E-state index in [4.69, 9.17) is 0 Å². The molecule has 1 rings (SSSR count). The van der Waals surface area contributed by atoms with Gasteiger partial charge in [0.25, 0.3) is 0 Å². The Labute approximate surface area is 78.5 Å². The molecule has 5 heteroatoms. The fourth-order valence-corrected chi connectivity index (χ4v) is 1.01. The van der Waals surface area contributed by atoms with Gasteiger partial charge in [0, 0.05) is 24.1 Å². The van der Waals surface area contributed by atoms with Gasteiger partial charge in [0.1, 0.15) is 0 Å². The molecule has 0 aliphatic carbocycles. The first-order valence-corrected chi connectivity index (χ1v) is 4.57. The normalized spacial score (nSPS) is 9.42. The molecule has 0 aliphatic heterocycles. The molecule has 1 amide bonds. The summed E-state index contributed by atoms with van der Waals surface area (Å²) in [5, 5.41) is 3.25. The maximum absolute atomic E-state index is 11.0. The van der Waals surface area contributed by atoms with E-state index < -0.39 is 0 Å². The van der Waals surface area contributed by atoms with E-state index in [1.165, 1.54) is 12.4 Å². The van der Waals surface area contributed by atoms with Crippen LogP contribution in [0.5, 0.6) is 0 Å². The molecule has 0 bridgehead atoms. The molecule has 1 N–H and O–H groups in total. The number of aromatic nitrogens is 2. The number of nitrogens with zero attached hydrogens (tertiary/aromatic N) is 2. The minimum Gasteiger partial charge on any atom is -0.309 e. The second kappa shape index (κ2) is 4.82. The molecular formula is C7H8BrN3O. The van der Waals surface area contributed by atoms with Gasteiger partial charge in [-0.2, -0.15) is 0 Å². The molecular weight excluding hydrogens is 222 g/mol. The van der Waals surface area contributed by atoms with Crippen LogP contribution in [0.1, 0.15) is 6.42 Å². The van der Waals surface area contributed by atoms with Crippen LogP contribution in [0.3, 0.4) is 0 Å². The van der Waals surface area contributed by atoms with Crippen LogP contribution in [0.4, 0.5) is 5.82 Å². The number of nitrogens with one attached hydrogen (secondary N) is 1. The number of anilines is 1. The lowest BCUT2D eigenvalue weighted by atomic mass is 10.4. The van der Waals surface area contributed by atoms with Gasteiger partial charge in [-0.1, -0.05) is 15.9 Å². The van der Waals surface area contributed by atoms with Crippen molar-refractivity contribution in [3.63, 3.8) is 0 Å². The highest BCUT2D eigenvalue weighted by Gasteiger charge is 2.00. The van der Waals surface area contributed by atoms with Crippen LogP contribution in [0.25, 0.3) is 0 Å². The Morgan fingerprint density at radius 1 is 1.58 bits per heavy atom. The number of alkyl halides is 1. The third-order valence-corrected chi connectivity index (χ3v) is 1.55. The Kier molecular flexibility index (Phi) is 3.66. The summed E-state index contributed by atoms with van der Waals surface area (Å²) in [6.45, 7) is 0. The van der Waals surface area contributed by atoms with E-state index in [9.17, 15) is 4.79 Å². The Hall–Kier alpha value is -0.970. The molecule has 64 valence electrons. The van der Waals surface area contributed by atoms with Crippen molar-refractivity contribution in [3.8, 4) is 0 Å². The lowest BCUT2D eigenvalue weighted by molar-refractivity contribution is -0.115. The van der Waals surface area contributed by atoms with Crippen LogP contribution >= 0.6 is 15.9 Å². The van der Waals surface area contributed by atoms with E-state index in [1.54, 1.807) is 6.20 Å². The van der Waals surface area contributed by atoms with E-state index in [1.807, 2.05) is 0 Å². The van der Waals surface area contributed by atoms with E-state index in [0.717, 1.165) is 0 Å². The first-order valence-electron chi connectivity index (χ1n) is 3.45. The smallest absolute Gasteiger partial charge is 0.226 e. The third kappa shape index (κ3) is 2.96. The van der Waals surface area contributed by atoms with Crippen LogP contribution in [0.15, 0.2) is 18.6 Å². The van der Waals surface area contributed by atoms with Crippen LogP contribution in [0, 0.1) is 0 Å². The predicted molar refractivity (Wildman–Crippen MR) is 49.1 cm³/mol. The van der Waals surface area contributed by atoms with Gasteiger partial charge in [-0.25, -0.2) is 4.98 Å². The monoisotopic (exact) mass is 229 g/mol. The molecule has 0 aliphatic rings. The van der Waals surface area contributed by atoms with Crippen molar-refractivity contribution in [2.24, 2.45) is 0 Å². The summed E-state index contributed by atoms with van der Waals surface area (Å²) in [5.41, 5.74) is 0. The van der Waals surface area contributed by atoms with Gasteiger partial charge in [-0.05, 0) is 0 Å². The van der Waals surface area contributed by atoms with Gasteiger partial charge < -0.3 is 5.32 Å². The molecule has 0 unspecified atom stereocenters. The molecule has 0 atom stereocenters. The fourth-order valence-electron chi connectivity index (χ4n) is 0.655. The number of carbonyl (C=O) groups excluding carboxylic acids is 1. The van der Waals surface area contributed by atoms with Crippen LogP contribution in [-0.2, 0) is 4.79 Å². The average molecular weight is 230 g/mol. The van der Waals surface area contributed by atoms with E-state index in [0.29, 0.717) is 17.6 Å². The van der Waals surface area contributed by atoms with Crippen LogP contribution in [0.2, 0.25) is 0 Å². The van der Waals surface area contributed by atoms with Crippen molar-refractivity contribution in [3.05, 3.63) is 18.6 Å². The fraction of sp³-hybridized carbons (Fsp3) is 0.286. The number of rotatable bonds is 3. The number of carbonyl (C=O) groups is 1. The maximum atomic E-state index is 11.0. The molecule has 0 radical (unpaired) electrons. The summed E-state index contributed by atoms with van der Waals surface area (Å²) in [6, 6.07) is 0. The Bertz CT molecular complexity index is 252. The Morgan fingerprint density at radius 2 is 2.42 bits per heavy atom. The molecule has 0 spiro atoms. The zero-order valence-corrected chi connectivity index (χ0v) is 7.91. The van der Waals surface area contributed by atoms with Crippen LogP contribution < -0.4 is 5.32 Å². The van der Waals surface area contributed by atoms with Gasteiger partial charge in [0.15, 0.2) is 5.82 Å². The van der Waals surface area contributed by atoms with Crippen LogP contribution in [-0.4, -0.2) is 21.2 Å². The number of hydrogen-bond donors (Lipinski definition) is 1. The third-order valence-electron chi connectivity index (χ3n) is 1.15. The first kappa shape index (κ1) is 9.12. The van der Waals surface area contributed by atoms with Crippen molar-refractivity contribution in [1.82, 2.24) is 9.97 Å².